The molecule has 2 aliphatic heterocycles. The van der Waals surface area contributed by atoms with E-state index in [1.165, 1.54) is 32.6 Å². The van der Waals surface area contributed by atoms with Crippen LogP contribution in [0.15, 0.2) is 52.3 Å². The highest BCUT2D eigenvalue weighted by atomic mass is 35.5. The fraction of sp³-hybridized carbons (Fsp3) is 0.393. The van der Waals surface area contributed by atoms with Crippen LogP contribution in [0.4, 0.5) is 5.69 Å². The zero-order valence-corrected chi connectivity index (χ0v) is 22.9. The average Bonchev–Trinajstić information content (AvgIpc) is 3.60. The summed E-state index contributed by atoms with van der Waals surface area (Å²) in [5.74, 6) is 0. The number of benzene rings is 1. The molecule has 0 unspecified atom stereocenters. The second-order valence-electron chi connectivity index (χ2n) is 9.90. The summed E-state index contributed by atoms with van der Waals surface area (Å²) in [6, 6.07) is 10.1. The minimum atomic E-state index is -0.343. The Kier molecular flexibility index (Phi) is 7.09. The van der Waals surface area contributed by atoms with Crippen molar-refractivity contribution < 1.29 is 4.74 Å². The van der Waals surface area contributed by atoms with Crippen LogP contribution in [-0.2, 0) is 24.2 Å². The molecule has 4 aromatic rings. The topological polar surface area (TPSA) is 81.4 Å². The number of methoxy groups -OCH3 is 1. The van der Waals surface area contributed by atoms with Crippen LogP contribution in [0.5, 0.6) is 0 Å². The number of nitrogens with one attached hydrogen (secondary N) is 1. The van der Waals surface area contributed by atoms with Gasteiger partial charge in [-0.3, -0.25) is 18.9 Å². The molecule has 6 rings (SSSR count). The molecular formula is C28H30ClN5O3S. The quantitative estimate of drug-likeness (QED) is 0.377. The molecule has 198 valence electrons. The molecule has 1 aromatic carbocycles. The van der Waals surface area contributed by atoms with Crippen LogP contribution >= 0.6 is 22.9 Å². The van der Waals surface area contributed by atoms with E-state index in [2.05, 4.69) is 33.4 Å². The van der Waals surface area contributed by atoms with Gasteiger partial charge in [-0.25, -0.2) is 4.79 Å². The Hall–Kier alpha value is -2.98. The minimum absolute atomic E-state index is 0.194. The SMILES string of the molecule is COCCn1ccc(=O)n(Cc2cc3nccc(-c4cc(Cl)cc5c4N([C@@H]4CCNC4)CCC5)c3s2)c1=O. The molecular weight excluding hydrogens is 522 g/mol. The maximum atomic E-state index is 13.0. The van der Waals surface area contributed by atoms with Gasteiger partial charge >= 0.3 is 5.69 Å². The van der Waals surface area contributed by atoms with Gasteiger partial charge in [-0.2, -0.15) is 0 Å². The van der Waals surface area contributed by atoms with Crippen molar-refractivity contribution in [3.8, 4) is 11.1 Å². The van der Waals surface area contributed by atoms with E-state index in [-0.39, 0.29) is 17.8 Å². The van der Waals surface area contributed by atoms with Crippen LogP contribution < -0.4 is 21.5 Å². The zero-order valence-electron chi connectivity index (χ0n) is 21.3. The molecule has 3 aromatic heterocycles. The number of hydrogen-bond acceptors (Lipinski definition) is 7. The molecule has 0 aliphatic carbocycles. The van der Waals surface area contributed by atoms with E-state index in [0.717, 1.165) is 70.1 Å². The van der Waals surface area contributed by atoms with E-state index in [4.69, 9.17) is 16.3 Å². The molecule has 1 N–H and O–H groups in total. The van der Waals surface area contributed by atoms with Gasteiger partial charge in [0.2, 0.25) is 0 Å². The zero-order chi connectivity index (χ0) is 26.2. The third kappa shape index (κ3) is 4.68. The Morgan fingerprint density at radius 3 is 2.92 bits per heavy atom. The third-order valence-corrected chi connectivity index (χ3v) is 8.86. The van der Waals surface area contributed by atoms with Gasteiger partial charge in [-0.1, -0.05) is 11.6 Å². The molecule has 2 aliphatic rings. The molecule has 1 atom stereocenters. The van der Waals surface area contributed by atoms with Crippen molar-refractivity contribution in [1.29, 1.82) is 0 Å². The van der Waals surface area contributed by atoms with E-state index in [1.807, 2.05) is 12.3 Å². The van der Waals surface area contributed by atoms with Crippen molar-refractivity contribution in [2.24, 2.45) is 0 Å². The van der Waals surface area contributed by atoms with Crippen LogP contribution in [0, 0.1) is 0 Å². The van der Waals surface area contributed by atoms with E-state index in [1.54, 1.807) is 18.4 Å². The summed E-state index contributed by atoms with van der Waals surface area (Å²) in [5, 5.41) is 4.25. The van der Waals surface area contributed by atoms with E-state index >= 15 is 0 Å². The first-order chi connectivity index (χ1) is 18.5. The number of ether oxygens (including phenoxy) is 1. The lowest BCUT2D eigenvalue weighted by Crippen LogP contribution is -2.40. The second-order valence-corrected chi connectivity index (χ2v) is 11.5. The lowest BCUT2D eigenvalue weighted by Gasteiger charge is -2.38. The summed E-state index contributed by atoms with van der Waals surface area (Å²) in [4.78, 5) is 33.7. The predicted molar refractivity (Wildman–Crippen MR) is 153 cm³/mol. The highest BCUT2D eigenvalue weighted by Crippen LogP contribution is 2.44. The summed E-state index contributed by atoms with van der Waals surface area (Å²) in [6.07, 6.45) is 6.61. The summed E-state index contributed by atoms with van der Waals surface area (Å²) < 4.78 is 8.92. The maximum absolute atomic E-state index is 13.0. The number of hydrogen-bond donors (Lipinski definition) is 1. The predicted octanol–water partition coefficient (Wildman–Crippen LogP) is 3.75. The number of pyridine rings is 1. The molecule has 38 heavy (non-hydrogen) atoms. The van der Waals surface area contributed by atoms with E-state index in [9.17, 15) is 9.59 Å². The average molecular weight is 552 g/mol. The van der Waals surface area contributed by atoms with Gasteiger partial charge in [0.25, 0.3) is 5.56 Å². The summed E-state index contributed by atoms with van der Waals surface area (Å²) in [7, 11) is 1.59. The molecule has 0 amide bonds. The number of anilines is 1. The number of halogens is 1. The Morgan fingerprint density at radius 1 is 1.21 bits per heavy atom. The minimum Gasteiger partial charge on any atom is -0.383 e. The van der Waals surface area contributed by atoms with Gasteiger partial charge in [0.1, 0.15) is 0 Å². The molecule has 0 radical (unpaired) electrons. The van der Waals surface area contributed by atoms with Crippen LogP contribution in [0.3, 0.4) is 0 Å². The smallest absolute Gasteiger partial charge is 0.331 e. The number of aryl methyl sites for hydroxylation is 1. The van der Waals surface area contributed by atoms with Crippen LogP contribution in [0.2, 0.25) is 5.02 Å². The van der Waals surface area contributed by atoms with Gasteiger partial charge in [0.05, 0.1) is 29.9 Å². The Labute approximate surface area is 229 Å². The highest BCUT2D eigenvalue weighted by molar-refractivity contribution is 7.19. The monoisotopic (exact) mass is 551 g/mol. The van der Waals surface area contributed by atoms with Crippen molar-refractivity contribution in [3.63, 3.8) is 0 Å². The van der Waals surface area contributed by atoms with Gasteiger partial charge in [0.15, 0.2) is 0 Å². The van der Waals surface area contributed by atoms with Crippen molar-refractivity contribution in [2.45, 2.75) is 38.4 Å². The number of rotatable bonds is 7. The lowest BCUT2D eigenvalue weighted by atomic mass is 9.92. The lowest BCUT2D eigenvalue weighted by molar-refractivity contribution is 0.185. The van der Waals surface area contributed by atoms with Gasteiger partial charge in [0, 0.05) is 71.4 Å². The summed E-state index contributed by atoms with van der Waals surface area (Å²) in [5.41, 5.74) is 4.96. The number of aromatic nitrogens is 3. The fourth-order valence-electron chi connectivity index (χ4n) is 5.71. The maximum Gasteiger partial charge on any atom is 0.331 e. The van der Waals surface area contributed by atoms with Crippen LogP contribution in [0.1, 0.15) is 23.3 Å². The summed E-state index contributed by atoms with van der Waals surface area (Å²) in [6.45, 7) is 4.04. The Morgan fingerprint density at radius 2 is 2.11 bits per heavy atom. The van der Waals surface area contributed by atoms with Crippen molar-refractivity contribution >= 4 is 38.8 Å². The highest BCUT2D eigenvalue weighted by Gasteiger charge is 2.30. The van der Waals surface area contributed by atoms with E-state index < -0.39 is 0 Å². The van der Waals surface area contributed by atoms with E-state index in [0.29, 0.717) is 19.2 Å². The van der Waals surface area contributed by atoms with Crippen LogP contribution in [0.25, 0.3) is 21.3 Å². The molecule has 10 heteroatoms. The first-order valence-electron chi connectivity index (χ1n) is 13.0. The van der Waals surface area contributed by atoms with Gasteiger partial charge in [-0.05, 0) is 55.6 Å². The van der Waals surface area contributed by atoms with Crippen molar-refractivity contribution in [1.82, 2.24) is 19.4 Å². The number of thiophene rings is 1. The van der Waals surface area contributed by atoms with Gasteiger partial charge in [-0.15, -0.1) is 11.3 Å². The summed E-state index contributed by atoms with van der Waals surface area (Å²) >= 11 is 8.24. The molecule has 5 heterocycles. The molecule has 8 nitrogen and oxygen atoms in total. The largest absolute Gasteiger partial charge is 0.383 e. The Bertz CT molecular complexity index is 1600. The van der Waals surface area contributed by atoms with Crippen LogP contribution in [-0.4, -0.2) is 53.5 Å². The number of fused-ring (bicyclic) bond motifs is 2. The molecule has 0 bridgehead atoms. The van der Waals surface area contributed by atoms with Crippen molar-refractivity contribution in [3.05, 3.63) is 79.0 Å². The molecule has 0 spiro atoms. The third-order valence-electron chi connectivity index (χ3n) is 7.50. The van der Waals surface area contributed by atoms with Crippen molar-refractivity contribution in [2.75, 3.05) is 38.3 Å². The Balaban J connectivity index is 1.43. The number of nitrogens with zero attached hydrogens (tertiary/aromatic N) is 4. The van der Waals surface area contributed by atoms with Gasteiger partial charge < -0.3 is 15.0 Å². The standard InChI is InChI=1S/C28H30ClN5O3S/c1-37-12-11-32-10-6-25(35)34(28(32)36)17-21-15-24-27(38-21)22(5-8-31-24)23-14-19(29)13-18-3-2-9-33(26(18)23)20-4-7-30-16-20/h5-6,8,10,13-15,20,30H,2-4,7,9,11-12,16-17H2,1H3/t20-/m1/s1. The first kappa shape index (κ1) is 25.3. The second kappa shape index (κ2) is 10.6. The molecule has 1 saturated heterocycles. The normalized spacial score (nSPS) is 17.3. The molecule has 1 fully saturated rings. The molecule has 0 saturated carbocycles. The fourth-order valence-corrected chi connectivity index (χ4v) is 7.08. The first-order valence-corrected chi connectivity index (χ1v) is 14.2.